The monoisotopic (exact) mass is 1770 g/mol. The predicted molar refractivity (Wildman–Crippen MR) is 491 cm³/mol. The van der Waals surface area contributed by atoms with Crippen molar-refractivity contribution < 1.29 is 87.7 Å². The first-order valence-corrected chi connectivity index (χ1v) is 39.3. The van der Waals surface area contributed by atoms with Crippen LogP contribution in [0.25, 0.3) is 88.6 Å². The number of carboxylic acids is 1. The van der Waals surface area contributed by atoms with Crippen LogP contribution in [0.15, 0.2) is 305 Å². The first kappa shape index (κ1) is 94.7. The molecule has 22 nitrogen and oxygen atoms in total. The van der Waals surface area contributed by atoms with Gasteiger partial charge in [-0.3, -0.25) is 4.79 Å². The largest absolute Gasteiger partial charge is 1.00 e. The molecule has 8 aromatic heterocycles. The van der Waals surface area contributed by atoms with Crippen LogP contribution in [0.4, 0.5) is 0 Å². The molecule has 24 heteroatoms. The fraction of sp³-hybridized carbons (Fsp3) is 0.100. The summed E-state index contributed by atoms with van der Waals surface area (Å²) in [6.07, 6.45) is 22.0. The van der Waals surface area contributed by atoms with Gasteiger partial charge in [-0.1, -0.05) is 176 Å². The summed E-state index contributed by atoms with van der Waals surface area (Å²) < 4.78 is 38.0. The van der Waals surface area contributed by atoms with Gasteiger partial charge >= 0.3 is 47.5 Å². The number of fused-ring (bicyclic) bond motifs is 4. The minimum atomic E-state index is -1.17. The number of para-hydroxylation sites is 8. The zero-order valence-electron chi connectivity index (χ0n) is 69.3. The first-order chi connectivity index (χ1) is 59.5. The Bertz CT molecular complexity index is 6530. The van der Waals surface area contributed by atoms with E-state index in [1.54, 1.807) is 36.8 Å². The van der Waals surface area contributed by atoms with Gasteiger partial charge in [0.1, 0.15) is 68.6 Å². The van der Waals surface area contributed by atoms with Gasteiger partial charge in [-0.15, -0.1) is 13.0 Å². The number of ether oxygens (including phenoxy) is 6. The molecule has 0 spiro atoms. The maximum absolute atomic E-state index is 11.7. The molecule has 0 bridgehead atoms. The van der Waals surface area contributed by atoms with Crippen molar-refractivity contribution >= 4 is 90.5 Å². The van der Waals surface area contributed by atoms with Crippen LogP contribution >= 0.6 is 22.6 Å². The van der Waals surface area contributed by atoms with Crippen LogP contribution in [0.1, 0.15) is 43.9 Å². The molecule has 7 N–H and O–H groups in total. The van der Waals surface area contributed by atoms with E-state index in [2.05, 4.69) is 141 Å². The molecule has 0 fully saturated rings. The molecule has 0 radical (unpaired) electrons. The Morgan fingerprint density at radius 3 is 1.16 bits per heavy atom. The van der Waals surface area contributed by atoms with Gasteiger partial charge in [-0.25, -0.2) is 34.3 Å². The number of halogens is 1. The Balaban J connectivity index is 0.000000195. The number of carbonyl (C=O) groups excluding carboxylic acids is 3. The van der Waals surface area contributed by atoms with E-state index in [9.17, 15) is 19.2 Å². The molecule has 0 aliphatic rings. The molecule has 0 aliphatic carbocycles. The number of terminal acetylenes is 1. The van der Waals surface area contributed by atoms with E-state index in [1.165, 1.54) is 17.8 Å². The number of aromatic nitrogens is 8. The number of nitrogens with two attached hydrogens (primary N) is 1. The van der Waals surface area contributed by atoms with Gasteiger partial charge in [0.05, 0.1) is 30.9 Å². The van der Waals surface area contributed by atoms with E-state index in [0.717, 1.165) is 142 Å². The molecule has 124 heavy (non-hydrogen) atoms. The summed E-state index contributed by atoms with van der Waals surface area (Å²) in [6, 6.07) is 78.2. The van der Waals surface area contributed by atoms with Crippen molar-refractivity contribution in [1.29, 1.82) is 0 Å². The van der Waals surface area contributed by atoms with Crippen molar-refractivity contribution in [3.05, 3.63) is 325 Å². The fourth-order valence-corrected chi connectivity index (χ4v) is 12.5. The number of hydrogen-bond donors (Lipinski definition) is 5. The van der Waals surface area contributed by atoms with Gasteiger partial charge in [-0.2, -0.15) is 0 Å². The molecule has 1 amide bonds. The summed E-state index contributed by atoms with van der Waals surface area (Å²) in [5, 5.41) is 15.1. The van der Waals surface area contributed by atoms with Gasteiger partial charge in [-0.05, 0) is 146 Å². The Hall–Kier alpha value is -14.8. The fourth-order valence-electron chi connectivity index (χ4n) is 11.7. The normalized spacial score (nSPS) is 9.77. The molecule has 8 aromatic carbocycles. The average Bonchev–Trinajstić information content (AvgIpc) is 1.62. The standard InChI is InChI=1S/C24H19N3O2.C24H18N2O3.C22H14N2O3.C20H15IN2O.C4H4O2.C3H9N.C3H6.Na.H2O/c1-2-25-23(28)13-12-17-15-26-24-21(17)14-18(16-27-24)20-10-6-7-11-22(20)29-19-8-4-3-5-9-19;1-26-16-17(12-13-23(27)28-2)21-14-18(15-25-24(21)26)20-10-6-7-11-22(20)29-19-8-4-3-5-9-19;25-21(26)11-10-15-13-23-22-19(15)12-16(14-24-22)18-8-4-5-9-20(18)27-17-6-2-1-3-7-17;1-23-13-18(21)17-11-14(12-22-20(17)23)16-9-5-6-10-19(16)24-15-7-3-2-4-8-15;1-3-4(5)6-2;1-2-3-4;1-3-2;;/h3-11,14-16H,2H2,1H3,(H,25,28)(H,26,27);3-11,14-16H,1-2H3;1-9,12-14H,(H,23,24)(H,25,26);2-13H,1H3;1H,2H3;2-4H2,1H3;3H,1H2,2H3;;1H2/q;;;;;;;+1;/p-1. The molecule has 0 atom stereocenters. The number of nitrogens with zero attached hydrogens (tertiary/aromatic N) is 6. The number of nitrogens with one attached hydrogen (secondary N) is 3. The van der Waals surface area contributed by atoms with Crippen molar-refractivity contribution in [1.82, 2.24) is 44.4 Å². The zero-order chi connectivity index (χ0) is 86.5. The number of carboxylic acid groups (broad SMARTS) is 1. The molecule has 0 saturated carbocycles. The van der Waals surface area contributed by atoms with Gasteiger partial charge in [0.2, 0.25) is 0 Å². The summed E-state index contributed by atoms with van der Waals surface area (Å²) in [6.45, 7) is 10.5. The molecule has 0 unspecified atom stereocenters. The minimum absolute atomic E-state index is 0. The number of aliphatic carboxylic acids is 1. The van der Waals surface area contributed by atoms with Crippen LogP contribution in [0.3, 0.4) is 0 Å². The number of amides is 1. The number of methoxy groups -OCH3 is 2. The number of carbonyl (C=O) groups is 4. The zero-order valence-corrected chi connectivity index (χ0v) is 73.5. The number of esters is 2. The Kier molecular flexibility index (Phi) is 37.5. The van der Waals surface area contributed by atoms with Gasteiger partial charge in [0.25, 0.3) is 5.91 Å². The van der Waals surface area contributed by atoms with E-state index >= 15 is 0 Å². The number of aromatic amines is 2. The van der Waals surface area contributed by atoms with Gasteiger partial charge in [0, 0.05) is 164 Å². The van der Waals surface area contributed by atoms with Crippen molar-refractivity contribution in [3.63, 3.8) is 0 Å². The molecule has 616 valence electrons. The third-order valence-electron chi connectivity index (χ3n) is 17.3. The Morgan fingerprint density at radius 1 is 0.492 bits per heavy atom. The molecular weight excluding hydrogens is 1680 g/mol. The number of aryl methyl sites for hydroxylation is 2. The second-order valence-corrected chi connectivity index (χ2v) is 27.1. The Labute approximate surface area is 754 Å². The van der Waals surface area contributed by atoms with Crippen LogP contribution in [0.2, 0.25) is 0 Å². The molecule has 16 aromatic rings. The number of pyridine rings is 4. The van der Waals surface area contributed by atoms with Crippen LogP contribution in [0.5, 0.6) is 46.0 Å². The first-order valence-electron chi connectivity index (χ1n) is 38.2. The average molecular weight is 1770 g/mol. The number of hydrogen-bond acceptors (Lipinski definition) is 16. The van der Waals surface area contributed by atoms with Crippen molar-refractivity contribution in [2.24, 2.45) is 19.8 Å². The number of allylic oxidation sites excluding steroid dienone is 1. The quantitative estimate of drug-likeness (QED) is 0.0169. The number of rotatable bonds is 14. The van der Waals surface area contributed by atoms with Gasteiger partial charge < -0.3 is 69.2 Å². The third kappa shape index (κ3) is 26.9. The second-order valence-electron chi connectivity index (χ2n) is 26.0. The SMILES string of the molecule is C#CC(=O)OC.C=CC.CCCN.CCNC(=O)C#Cc1c[nH]c2ncc(-c3ccccc3Oc3ccccc3)cc12.COC(=O)C#Cc1cn(C)c2ncc(-c3ccccc3Oc3ccccc3)cc12.Cn1cc(I)c2cc(-c3ccccc3Oc3ccccc3)cnc21.O=C(O)C#Cc1c[nH]c2ncc(-c3ccccc3Oc3ccccc3)cc12.[Na+].[OH-]. The molecule has 16 rings (SSSR count). The molecule has 0 aliphatic heterocycles. The number of H-pyrrole nitrogens is 2. The maximum Gasteiger partial charge on any atom is 1.00 e. The molecule has 8 heterocycles. The van der Waals surface area contributed by atoms with E-state index in [-0.39, 0.29) is 40.9 Å². The van der Waals surface area contributed by atoms with E-state index in [1.807, 2.05) is 286 Å². The summed E-state index contributed by atoms with van der Waals surface area (Å²) in [7, 11) is 6.46. The summed E-state index contributed by atoms with van der Waals surface area (Å²) in [5.41, 5.74) is 17.7. The molecular formula is C100H86IN10NaO12. The second kappa shape index (κ2) is 49.1. The summed E-state index contributed by atoms with van der Waals surface area (Å²) >= 11 is 2.35. The van der Waals surface area contributed by atoms with Crippen molar-refractivity contribution in [2.75, 3.05) is 27.3 Å². The van der Waals surface area contributed by atoms with Gasteiger partial charge in [0.15, 0.2) is 0 Å². The maximum atomic E-state index is 11.7. The van der Waals surface area contributed by atoms with E-state index < -0.39 is 17.9 Å². The predicted octanol–water partition coefficient (Wildman–Crippen LogP) is 17.3. The van der Waals surface area contributed by atoms with Crippen molar-refractivity contribution in [2.45, 2.75) is 27.2 Å². The topological polar surface area (TPSA) is 305 Å². The van der Waals surface area contributed by atoms with Crippen LogP contribution in [-0.2, 0) is 42.7 Å². The third-order valence-corrected chi connectivity index (χ3v) is 18.2. The molecule has 0 saturated heterocycles. The summed E-state index contributed by atoms with van der Waals surface area (Å²) in [5.74, 6) is 20.9. The van der Waals surface area contributed by atoms with Crippen LogP contribution in [-0.4, -0.2) is 101 Å². The van der Waals surface area contributed by atoms with E-state index in [0.29, 0.717) is 29.1 Å². The number of benzene rings is 8. The minimum Gasteiger partial charge on any atom is -0.870 e. The van der Waals surface area contributed by atoms with Crippen molar-refractivity contribution in [3.8, 4) is 138 Å². The Morgan fingerprint density at radius 2 is 0.815 bits per heavy atom. The van der Waals surface area contributed by atoms with Crippen LogP contribution < -0.4 is 59.6 Å². The summed E-state index contributed by atoms with van der Waals surface area (Å²) in [4.78, 5) is 67.8. The van der Waals surface area contributed by atoms with E-state index in [4.69, 9.17) is 29.8 Å². The van der Waals surface area contributed by atoms with Crippen LogP contribution in [0, 0.1) is 51.4 Å². The smallest absolute Gasteiger partial charge is 0.870 e.